The molecule has 27 heavy (non-hydrogen) atoms. The van der Waals surface area contributed by atoms with E-state index in [1.807, 2.05) is 18.2 Å². The van der Waals surface area contributed by atoms with E-state index in [1.165, 1.54) is 10.7 Å². The standard InChI is InChI=1S/C20H16Cl2N2O3/c21-15-4-2-14(16(22)11-15)12-24-20(25)7-5-17(23-24)13-3-6-18-19(10-13)27-9-1-8-26-18/h2-7,10-11H,1,8-9,12H2. The van der Waals surface area contributed by atoms with Crippen LogP contribution >= 0.6 is 23.2 Å². The Morgan fingerprint density at radius 3 is 2.59 bits per heavy atom. The predicted molar refractivity (Wildman–Crippen MR) is 105 cm³/mol. The highest BCUT2D eigenvalue weighted by molar-refractivity contribution is 6.35. The molecule has 138 valence electrons. The summed E-state index contributed by atoms with van der Waals surface area (Å²) in [6.07, 6.45) is 0.842. The molecule has 0 aliphatic carbocycles. The molecule has 0 saturated heterocycles. The Morgan fingerprint density at radius 2 is 1.78 bits per heavy atom. The minimum atomic E-state index is -0.209. The lowest BCUT2D eigenvalue weighted by Crippen LogP contribution is -2.23. The fourth-order valence-electron chi connectivity index (χ4n) is 2.85. The SMILES string of the molecule is O=c1ccc(-c2ccc3c(c2)OCCCO3)nn1Cc1ccc(Cl)cc1Cl. The monoisotopic (exact) mass is 402 g/mol. The highest BCUT2D eigenvalue weighted by Gasteiger charge is 2.13. The first-order chi connectivity index (χ1) is 13.1. The summed E-state index contributed by atoms with van der Waals surface area (Å²) in [5, 5.41) is 5.53. The average molecular weight is 403 g/mol. The Morgan fingerprint density at radius 1 is 0.963 bits per heavy atom. The quantitative estimate of drug-likeness (QED) is 0.650. The zero-order chi connectivity index (χ0) is 18.8. The molecule has 1 aliphatic heterocycles. The first kappa shape index (κ1) is 17.9. The van der Waals surface area contributed by atoms with E-state index in [9.17, 15) is 4.79 Å². The molecule has 2 heterocycles. The molecule has 1 aromatic heterocycles. The molecule has 3 aromatic rings. The van der Waals surface area contributed by atoms with Gasteiger partial charge in [0, 0.05) is 28.1 Å². The van der Waals surface area contributed by atoms with Gasteiger partial charge in [0.1, 0.15) is 0 Å². The van der Waals surface area contributed by atoms with E-state index in [2.05, 4.69) is 5.10 Å². The summed E-state index contributed by atoms with van der Waals surface area (Å²) in [6.45, 7) is 1.50. The van der Waals surface area contributed by atoms with Crippen molar-refractivity contribution in [2.45, 2.75) is 13.0 Å². The van der Waals surface area contributed by atoms with E-state index in [0.29, 0.717) is 34.7 Å². The molecule has 4 rings (SSSR count). The van der Waals surface area contributed by atoms with Crippen LogP contribution in [0.1, 0.15) is 12.0 Å². The lowest BCUT2D eigenvalue weighted by molar-refractivity contribution is 0.297. The number of halogens is 2. The van der Waals surface area contributed by atoms with Crippen LogP contribution in [0.5, 0.6) is 11.5 Å². The fraction of sp³-hybridized carbons (Fsp3) is 0.200. The van der Waals surface area contributed by atoms with Gasteiger partial charge in [-0.15, -0.1) is 0 Å². The van der Waals surface area contributed by atoms with Gasteiger partial charge in [-0.3, -0.25) is 4.79 Å². The van der Waals surface area contributed by atoms with Crippen molar-refractivity contribution in [3.63, 3.8) is 0 Å². The first-order valence-electron chi connectivity index (χ1n) is 8.52. The summed E-state index contributed by atoms with van der Waals surface area (Å²) in [5.74, 6) is 1.41. The second kappa shape index (κ2) is 7.62. The van der Waals surface area contributed by atoms with Crippen molar-refractivity contribution < 1.29 is 9.47 Å². The molecule has 7 heteroatoms. The minimum absolute atomic E-state index is 0.209. The Balaban J connectivity index is 1.68. The van der Waals surface area contributed by atoms with Crippen LogP contribution < -0.4 is 15.0 Å². The number of nitrogens with zero attached hydrogens (tertiary/aromatic N) is 2. The number of hydrogen-bond acceptors (Lipinski definition) is 4. The summed E-state index contributed by atoms with van der Waals surface area (Å²) in [7, 11) is 0. The van der Waals surface area contributed by atoms with Gasteiger partial charge in [-0.05, 0) is 42.0 Å². The average Bonchev–Trinajstić information content (AvgIpc) is 2.90. The van der Waals surface area contributed by atoms with Crippen molar-refractivity contribution in [3.8, 4) is 22.8 Å². The van der Waals surface area contributed by atoms with E-state index in [-0.39, 0.29) is 12.1 Å². The van der Waals surface area contributed by atoms with E-state index in [1.54, 1.807) is 24.3 Å². The maximum absolute atomic E-state index is 12.3. The van der Waals surface area contributed by atoms with Crippen LogP contribution in [0.2, 0.25) is 10.0 Å². The summed E-state index contributed by atoms with van der Waals surface area (Å²) in [6, 6.07) is 14.0. The Bertz CT molecular complexity index is 1050. The van der Waals surface area contributed by atoms with Crippen molar-refractivity contribution in [2.24, 2.45) is 0 Å². The van der Waals surface area contributed by atoms with Crippen LogP contribution in [0, 0.1) is 0 Å². The maximum Gasteiger partial charge on any atom is 0.267 e. The molecular weight excluding hydrogens is 387 g/mol. The third kappa shape index (κ3) is 3.94. The zero-order valence-electron chi connectivity index (χ0n) is 14.3. The molecule has 0 fully saturated rings. The number of rotatable bonds is 3. The van der Waals surface area contributed by atoms with Gasteiger partial charge < -0.3 is 9.47 Å². The smallest absolute Gasteiger partial charge is 0.267 e. The molecule has 0 unspecified atom stereocenters. The normalized spacial score (nSPS) is 13.3. The van der Waals surface area contributed by atoms with Gasteiger partial charge >= 0.3 is 0 Å². The van der Waals surface area contributed by atoms with Gasteiger partial charge in [0.2, 0.25) is 0 Å². The van der Waals surface area contributed by atoms with Crippen molar-refractivity contribution in [1.29, 1.82) is 0 Å². The van der Waals surface area contributed by atoms with Gasteiger partial charge in [-0.2, -0.15) is 5.10 Å². The molecule has 5 nitrogen and oxygen atoms in total. The molecule has 0 spiro atoms. The molecule has 0 amide bonds. The van der Waals surface area contributed by atoms with Gasteiger partial charge in [0.05, 0.1) is 25.5 Å². The summed E-state index contributed by atoms with van der Waals surface area (Å²) >= 11 is 12.2. The van der Waals surface area contributed by atoms with E-state index < -0.39 is 0 Å². The lowest BCUT2D eigenvalue weighted by atomic mass is 10.1. The van der Waals surface area contributed by atoms with Gasteiger partial charge in [-0.25, -0.2) is 4.68 Å². The first-order valence-corrected chi connectivity index (χ1v) is 9.28. The van der Waals surface area contributed by atoms with Crippen LogP contribution in [-0.4, -0.2) is 23.0 Å². The van der Waals surface area contributed by atoms with Crippen LogP contribution in [0.15, 0.2) is 53.3 Å². The highest BCUT2D eigenvalue weighted by atomic mass is 35.5. The van der Waals surface area contributed by atoms with Crippen molar-refractivity contribution in [1.82, 2.24) is 9.78 Å². The second-order valence-electron chi connectivity index (χ2n) is 6.16. The molecule has 0 N–H and O–H groups in total. The number of ether oxygens (including phenoxy) is 2. The summed E-state index contributed by atoms with van der Waals surface area (Å²) < 4.78 is 12.8. The topological polar surface area (TPSA) is 53.4 Å². The Hall–Kier alpha value is -2.50. The van der Waals surface area contributed by atoms with E-state index in [4.69, 9.17) is 32.7 Å². The Labute approximate surface area is 166 Å². The van der Waals surface area contributed by atoms with E-state index in [0.717, 1.165) is 23.3 Å². The van der Waals surface area contributed by atoms with Crippen molar-refractivity contribution in [2.75, 3.05) is 13.2 Å². The van der Waals surface area contributed by atoms with Crippen LogP contribution in [0.4, 0.5) is 0 Å². The molecule has 0 atom stereocenters. The number of aromatic nitrogens is 2. The number of fused-ring (bicyclic) bond motifs is 1. The largest absolute Gasteiger partial charge is 0.490 e. The zero-order valence-corrected chi connectivity index (χ0v) is 15.8. The minimum Gasteiger partial charge on any atom is -0.490 e. The third-order valence-corrected chi connectivity index (χ3v) is 4.83. The van der Waals surface area contributed by atoms with Crippen LogP contribution in [-0.2, 0) is 6.54 Å². The highest BCUT2D eigenvalue weighted by Crippen LogP contribution is 2.33. The third-order valence-electron chi connectivity index (χ3n) is 4.25. The maximum atomic E-state index is 12.3. The van der Waals surface area contributed by atoms with Crippen LogP contribution in [0.25, 0.3) is 11.3 Å². The Kier molecular flexibility index (Phi) is 5.05. The molecular formula is C20H16Cl2N2O3. The van der Waals surface area contributed by atoms with Gasteiger partial charge in [-0.1, -0.05) is 29.3 Å². The lowest BCUT2D eigenvalue weighted by Gasteiger charge is -2.11. The fourth-order valence-corrected chi connectivity index (χ4v) is 3.32. The molecule has 1 aliphatic rings. The van der Waals surface area contributed by atoms with Gasteiger partial charge in [0.25, 0.3) is 5.56 Å². The number of hydrogen-bond donors (Lipinski definition) is 0. The van der Waals surface area contributed by atoms with Gasteiger partial charge in [0.15, 0.2) is 11.5 Å². The van der Waals surface area contributed by atoms with Crippen molar-refractivity contribution in [3.05, 3.63) is 74.5 Å². The summed E-state index contributed by atoms with van der Waals surface area (Å²) in [5.41, 5.74) is 2.07. The predicted octanol–water partition coefficient (Wildman–Crippen LogP) is 4.43. The summed E-state index contributed by atoms with van der Waals surface area (Å²) in [4.78, 5) is 12.3. The molecule has 0 saturated carbocycles. The van der Waals surface area contributed by atoms with E-state index >= 15 is 0 Å². The molecule has 2 aromatic carbocycles. The molecule has 0 radical (unpaired) electrons. The number of benzene rings is 2. The second-order valence-corrected chi connectivity index (χ2v) is 7.01. The van der Waals surface area contributed by atoms with Crippen LogP contribution in [0.3, 0.4) is 0 Å². The van der Waals surface area contributed by atoms with Crippen molar-refractivity contribution >= 4 is 23.2 Å². The molecule has 0 bridgehead atoms.